The molecular formula is C30H44Cl2FN3O7. The first-order valence-electron chi connectivity index (χ1n) is 14.7. The maximum absolute atomic E-state index is 14.0. The molecule has 0 saturated carbocycles. The normalized spacial score (nSPS) is 18.1. The predicted molar refractivity (Wildman–Crippen MR) is 163 cm³/mol. The van der Waals surface area contributed by atoms with Gasteiger partial charge in [0.1, 0.15) is 12.2 Å². The molecule has 2 saturated heterocycles. The summed E-state index contributed by atoms with van der Waals surface area (Å²) in [6.07, 6.45) is 4.65. The number of hydrogen-bond donors (Lipinski definition) is 2. The summed E-state index contributed by atoms with van der Waals surface area (Å²) in [5.41, 5.74) is 0.0263. The smallest absolute Gasteiger partial charge is 0.306 e. The molecule has 1 aromatic rings. The average Bonchev–Trinajstić information content (AvgIpc) is 2.96. The minimum absolute atomic E-state index is 0.0119. The number of rotatable bonds is 11. The zero-order valence-corrected chi connectivity index (χ0v) is 26.9. The standard InChI is InChI=1S/C18H23Cl2FN2O3.C12H21NO4/c1-11(5-8-23-9-6-13(7-10-23)26-12(2)24)18(25)22-15-4-3-14(19)16(20)17(15)21;1-9(12(15)16)3-6-13-7-4-11(5-8-13)17-10(2)14/h3-4,11,13H,5-10H2,1-2H3,(H,22,25);9,11H,3-8H2,1-2H3,(H,15,16)/t11-;9-/m00/s1. The highest BCUT2D eigenvalue weighted by Gasteiger charge is 2.24. The Hall–Kier alpha value is -2.47. The molecule has 2 fully saturated rings. The van der Waals surface area contributed by atoms with Gasteiger partial charge in [0.2, 0.25) is 5.91 Å². The fourth-order valence-electron chi connectivity index (χ4n) is 4.86. The number of anilines is 1. The van der Waals surface area contributed by atoms with Gasteiger partial charge in [0.25, 0.3) is 0 Å². The Balaban J connectivity index is 0.000000329. The third kappa shape index (κ3) is 13.4. The number of carboxylic acid groups (broad SMARTS) is 1. The highest BCUT2D eigenvalue weighted by molar-refractivity contribution is 6.42. The number of nitrogens with zero attached hydrogens (tertiary/aromatic N) is 2. The zero-order valence-electron chi connectivity index (χ0n) is 25.4. The Morgan fingerprint density at radius 1 is 0.884 bits per heavy atom. The Labute approximate surface area is 263 Å². The maximum atomic E-state index is 14.0. The van der Waals surface area contributed by atoms with E-state index in [0.29, 0.717) is 12.8 Å². The van der Waals surface area contributed by atoms with E-state index in [-0.39, 0.29) is 57.6 Å². The van der Waals surface area contributed by atoms with Crippen LogP contribution in [-0.2, 0) is 28.7 Å². The Kier molecular flexibility index (Phi) is 15.7. The van der Waals surface area contributed by atoms with Crippen LogP contribution in [0.4, 0.5) is 10.1 Å². The van der Waals surface area contributed by atoms with Crippen LogP contribution in [0.3, 0.4) is 0 Å². The number of piperidine rings is 2. The molecule has 2 atom stereocenters. The molecule has 0 aliphatic carbocycles. The summed E-state index contributed by atoms with van der Waals surface area (Å²) in [7, 11) is 0. The van der Waals surface area contributed by atoms with E-state index in [0.717, 1.165) is 65.0 Å². The first-order valence-corrected chi connectivity index (χ1v) is 15.5. The van der Waals surface area contributed by atoms with Crippen molar-refractivity contribution in [2.75, 3.05) is 44.6 Å². The molecule has 0 bridgehead atoms. The van der Waals surface area contributed by atoms with Crippen LogP contribution in [0.15, 0.2) is 12.1 Å². The van der Waals surface area contributed by atoms with E-state index < -0.39 is 11.8 Å². The van der Waals surface area contributed by atoms with Crippen LogP contribution in [0.1, 0.15) is 66.2 Å². The number of ether oxygens (including phenoxy) is 2. The van der Waals surface area contributed by atoms with Crippen LogP contribution in [-0.4, -0.2) is 90.2 Å². The van der Waals surface area contributed by atoms with Gasteiger partial charge in [-0.2, -0.15) is 0 Å². The second-order valence-corrected chi connectivity index (χ2v) is 12.0. The third-order valence-electron chi connectivity index (χ3n) is 7.65. The molecule has 0 radical (unpaired) electrons. The minimum Gasteiger partial charge on any atom is -0.481 e. The number of esters is 2. The molecule has 2 aliphatic heterocycles. The molecule has 1 aromatic carbocycles. The van der Waals surface area contributed by atoms with Crippen molar-refractivity contribution in [2.24, 2.45) is 11.8 Å². The van der Waals surface area contributed by atoms with Crippen LogP contribution < -0.4 is 5.32 Å². The summed E-state index contributed by atoms with van der Waals surface area (Å²) in [6.45, 7) is 11.4. The second kappa shape index (κ2) is 18.4. The van der Waals surface area contributed by atoms with Gasteiger partial charge in [0.15, 0.2) is 5.82 Å². The highest BCUT2D eigenvalue weighted by atomic mass is 35.5. The van der Waals surface area contributed by atoms with Crippen molar-refractivity contribution in [2.45, 2.75) is 78.4 Å². The molecule has 10 nitrogen and oxygen atoms in total. The molecule has 3 rings (SSSR count). The number of carboxylic acids is 1. The van der Waals surface area contributed by atoms with Crippen LogP contribution in [0, 0.1) is 17.7 Å². The number of likely N-dealkylation sites (tertiary alicyclic amines) is 2. The number of nitrogens with one attached hydrogen (secondary N) is 1. The molecule has 0 unspecified atom stereocenters. The summed E-state index contributed by atoms with van der Waals surface area (Å²) in [6, 6.07) is 2.84. The molecule has 0 aromatic heterocycles. The van der Waals surface area contributed by atoms with Gasteiger partial charge in [-0.1, -0.05) is 37.0 Å². The van der Waals surface area contributed by atoms with E-state index >= 15 is 0 Å². The van der Waals surface area contributed by atoms with Crippen LogP contribution >= 0.6 is 23.2 Å². The lowest BCUT2D eigenvalue weighted by Gasteiger charge is -2.31. The summed E-state index contributed by atoms with van der Waals surface area (Å²) >= 11 is 11.5. The summed E-state index contributed by atoms with van der Waals surface area (Å²) in [4.78, 5) is 49.2. The van der Waals surface area contributed by atoms with Gasteiger partial charge in [0.05, 0.1) is 21.7 Å². The number of benzene rings is 1. The fraction of sp³-hybridized carbons (Fsp3) is 0.667. The van der Waals surface area contributed by atoms with Gasteiger partial charge in [-0.25, -0.2) is 4.39 Å². The van der Waals surface area contributed by atoms with E-state index in [1.807, 2.05) is 0 Å². The molecule has 2 heterocycles. The first-order chi connectivity index (χ1) is 20.3. The number of hydrogen-bond acceptors (Lipinski definition) is 8. The summed E-state index contributed by atoms with van der Waals surface area (Å²) in [5.74, 6) is -2.77. The lowest BCUT2D eigenvalue weighted by atomic mass is 10.0. The van der Waals surface area contributed by atoms with Gasteiger partial charge in [-0.05, 0) is 63.7 Å². The van der Waals surface area contributed by atoms with Crippen LogP contribution in [0.2, 0.25) is 10.0 Å². The number of aliphatic carboxylic acids is 1. The number of halogens is 3. The van der Waals surface area contributed by atoms with Crippen LogP contribution in [0.5, 0.6) is 0 Å². The van der Waals surface area contributed by atoms with E-state index in [4.69, 9.17) is 37.8 Å². The van der Waals surface area contributed by atoms with Gasteiger partial charge < -0.3 is 29.7 Å². The van der Waals surface area contributed by atoms with Crippen molar-refractivity contribution in [1.82, 2.24) is 9.80 Å². The largest absolute Gasteiger partial charge is 0.481 e. The van der Waals surface area contributed by atoms with Crippen LogP contribution in [0.25, 0.3) is 0 Å². The van der Waals surface area contributed by atoms with Gasteiger partial charge in [0, 0.05) is 45.9 Å². The Morgan fingerprint density at radius 2 is 1.33 bits per heavy atom. The Bertz CT molecular complexity index is 1090. The second-order valence-electron chi connectivity index (χ2n) is 11.2. The van der Waals surface area contributed by atoms with Crippen molar-refractivity contribution < 1.29 is 38.1 Å². The monoisotopic (exact) mass is 647 g/mol. The molecule has 242 valence electrons. The average molecular weight is 649 g/mol. The van der Waals surface area contributed by atoms with E-state index in [1.54, 1.807) is 13.8 Å². The lowest BCUT2D eigenvalue weighted by molar-refractivity contribution is -0.149. The first kappa shape index (κ1) is 36.7. The summed E-state index contributed by atoms with van der Waals surface area (Å²) in [5, 5.41) is 11.2. The van der Waals surface area contributed by atoms with Gasteiger partial charge in [-0.3, -0.25) is 19.2 Å². The molecule has 1 amide bonds. The molecule has 0 spiro atoms. The van der Waals surface area contributed by atoms with Crippen molar-refractivity contribution in [3.8, 4) is 0 Å². The van der Waals surface area contributed by atoms with E-state index in [9.17, 15) is 23.6 Å². The van der Waals surface area contributed by atoms with E-state index in [1.165, 1.54) is 26.0 Å². The molecular weight excluding hydrogens is 604 g/mol. The topological polar surface area (TPSA) is 125 Å². The maximum Gasteiger partial charge on any atom is 0.306 e. The number of carbonyl (C=O) groups is 4. The highest BCUT2D eigenvalue weighted by Crippen LogP contribution is 2.30. The van der Waals surface area contributed by atoms with Crippen molar-refractivity contribution in [3.63, 3.8) is 0 Å². The number of amides is 1. The van der Waals surface area contributed by atoms with Crippen molar-refractivity contribution in [3.05, 3.63) is 28.0 Å². The molecule has 2 N–H and O–H groups in total. The summed E-state index contributed by atoms with van der Waals surface area (Å²) < 4.78 is 24.4. The molecule has 2 aliphatic rings. The predicted octanol–water partition coefficient (Wildman–Crippen LogP) is 5.25. The molecule has 43 heavy (non-hydrogen) atoms. The van der Waals surface area contributed by atoms with Crippen molar-refractivity contribution in [1.29, 1.82) is 0 Å². The fourth-order valence-corrected chi connectivity index (χ4v) is 5.17. The molecule has 13 heteroatoms. The SMILES string of the molecule is CC(=O)OC1CCN(CC[C@H](C)C(=O)Nc2ccc(Cl)c(Cl)c2F)CC1.CC(=O)OC1CCN(CC[C@H](C)C(=O)O)CC1. The minimum atomic E-state index is -0.736. The van der Waals surface area contributed by atoms with Crippen molar-refractivity contribution >= 4 is 52.7 Å². The third-order valence-corrected chi connectivity index (χ3v) is 8.43. The zero-order chi connectivity index (χ0) is 32.1. The van der Waals surface area contributed by atoms with Gasteiger partial charge >= 0.3 is 17.9 Å². The number of carbonyl (C=O) groups excluding carboxylic acids is 3. The van der Waals surface area contributed by atoms with E-state index in [2.05, 4.69) is 15.1 Å². The Morgan fingerprint density at radius 3 is 1.74 bits per heavy atom. The quantitative estimate of drug-likeness (QED) is 0.245. The lowest BCUT2D eigenvalue weighted by Crippen LogP contribution is -2.39. The van der Waals surface area contributed by atoms with Gasteiger partial charge in [-0.15, -0.1) is 0 Å².